The van der Waals surface area contributed by atoms with Crippen LogP contribution in [0.25, 0.3) is 0 Å². The molecule has 1 amide bonds. The van der Waals surface area contributed by atoms with Crippen molar-refractivity contribution in [1.29, 1.82) is 0 Å². The van der Waals surface area contributed by atoms with Crippen LogP contribution in [-0.2, 0) is 17.8 Å². The number of halogens is 1. The number of carbonyl (C=O) groups is 2. The number of aromatic nitrogens is 2. The number of aliphatic carboxylic acids is 1. The van der Waals surface area contributed by atoms with Crippen molar-refractivity contribution in [3.8, 4) is 0 Å². The first-order valence-electron chi connectivity index (χ1n) is 8.92. The Bertz CT molecular complexity index is 898. The van der Waals surface area contributed by atoms with E-state index in [1.807, 2.05) is 29.2 Å². The van der Waals surface area contributed by atoms with Gasteiger partial charge in [0.2, 0.25) is 5.95 Å². The summed E-state index contributed by atoms with van der Waals surface area (Å²) < 4.78 is 0. The van der Waals surface area contributed by atoms with Crippen molar-refractivity contribution >= 4 is 29.4 Å². The Balaban J connectivity index is 1.68. The van der Waals surface area contributed by atoms with Gasteiger partial charge in [-0.25, -0.2) is 14.8 Å². The fourth-order valence-electron chi connectivity index (χ4n) is 3.67. The minimum Gasteiger partial charge on any atom is -0.480 e. The molecule has 1 N–H and O–H groups in total. The number of hydrogen-bond acceptors (Lipinski definition) is 5. The molecule has 4 rings (SSSR count). The number of carbonyl (C=O) groups excluding carboxylic acids is 1. The van der Waals surface area contributed by atoms with Crippen LogP contribution in [0.1, 0.15) is 34.5 Å². The Hall–Kier alpha value is -2.67. The zero-order valence-electron chi connectivity index (χ0n) is 14.6. The third kappa shape index (κ3) is 3.35. The lowest BCUT2D eigenvalue weighted by Crippen LogP contribution is -2.49. The number of carboxylic acid groups (broad SMARTS) is 1. The van der Waals surface area contributed by atoms with Crippen LogP contribution in [0.2, 0.25) is 5.02 Å². The van der Waals surface area contributed by atoms with E-state index in [9.17, 15) is 14.7 Å². The van der Waals surface area contributed by atoms with Gasteiger partial charge in [-0.2, -0.15) is 0 Å². The summed E-state index contributed by atoms with van der Waals surface area (Å²) in [4.78, 5) is 36.9. The van der Waals surface area contributed by atoms with E-state index in [0.29, 0.717) is 5.95 Å². The van der Waals surface area contributed by atoms with E-state index in [0.717, 1.165) is 37.1 Å². The van der Waals surface area contributed by atoms with E-state index in [4.69, 9.17) is 11.6 Å². The summed E-state index contributed by atoms with van der Waals surface area (Å²) >= 11 is 6.21. The summed E-state index contributed by atoms with van der Waals surface area (Å²) in [5, 5.41) is 9.79. The van der Waals surface area contributed by atoms with Crippen LogP contribution in [0.4, 0.5) is 5.95 Å². The van der Waals surface area contributed by atoms with Crippen LogP contribution in [0.3, 0.4) is 0 Å². The van der Waals surface area contributed by atoms with Crippen molar-refractivity contribution in [2.45, 2.75) is 31.8 Å². The minimum atomic E-state index is -1.04. The largest absolute Gasteiger partial charge is 0.480 e. The van der Waals surface area contributed by atoms with Crippen LogP contribution in [0.15, 0.2) is 30.5 Å². The number of nitrogens with zero attached hydrogens (tertiary/aromatic N) is 4. The smallest absolute Gasteiger partial charge is 0.326 e. The SMILES string of the molecule is O=C(O)C1Cc2ccccc2CN1C(=O)c1nc(N2CCCC2)ncc1Cl. The van der Waals surface area contributed by atoms with Crippen molar-refractivity contribution in [2.24, 2.45) is 0 Å². The van der Waals surface area contributed by atoms with E-state index in [2.05, 4.69) is 9.97 Å². The quantitative estimate of drug-likeness (QED) is 0.871. The first-order chi connectivity index (χ1) is 13.0. The van der Waals surface area contributed by atoms with Crippen molar-refractivity contribution in [2.75, 3.05) is 18.0 Å². The van der Waals surface area contributed by atoms with Crippen LogP contribution in [0, 0.1) is 0 Å². The van der Waals surface area contributed by atoms with E-state index >= 15 is 0 Å². The lowest BCUT2D eigenvalue weighted by molar-refractivity contribution is -0.142. The van der Waals surface area contributed by atoms with Gasteiger partial charge in [0.05, 0.1) is 11.2 Å². The summed E-state index contributed by atoms with van der Waals surface area (Å²) in [6, 6.07) is 6.61. The number of amides is 1. The highest BCUT2D eigenvalue weighted by atomic mass is 35.5. The number of rotatable bonds is 3. The molecular weight excluding hydrogens is 368 g/mol. The zero-order valence-corrected chi connectivity index (χ0v) is 15.4. The summed E-state index contributed by atoms with van der Waals surface area (Å²) in [5.74, 6) is -1.06. The number of carboxylic acids is 1. The van der Waals surface area contributed by atoms with Crippen LogP contribution in [0.5, 0.6) is 0 Å². The van der Waals surface area contributed by atoms with Gasteiger partial charge in [-0.3, -0.25) is 4.79 Å². The summed E-state index contributed by atoms with van der Waals surface area (Å²) in [6.07, 6.45) is 3.79. The molecule has 1 aromatic heterocycles. The number of fused-ring (bicyclic) bond motifs is 1. The van der Waals surface area contributed by atoms with Crippen molar-refractivity contribution in [3.05, 3.63) is 52.3 Å². The molecule has 0 radical (unpaired) electrons. The predicted octanol–water partition coefficient (Wildman–Crippen LogP) is 2.38. The maximum atomic E-state index is 13.2. The normalized spacial score (nSPS) is 19.1. The van der Waals surface area contributed by atoms with Crippen molar-refractivity contribution < 1.29 is 14.7 Å². The monoisotopic (exact) mass is 386 g/mol. The van der Waals surface area contributed by atoms with Gasteiger partial charge in [-0.1, -0.05) is 35.9 Å². The predicted molar refractivity (Wildman–Crippen MR) is 99.9 cm³/mol. The molecule has 2 aliphatic rings. The molecule has 1 unspecified atom stereocenters. The van der Waals surface area contributed by atoms with E-state index in [1.54, 1.807) is 0 Å². The standard InChI is InChI=1S/C19H19ClN4O3/c20-14-10-21-19(23-7-3-4-8-23)22-16(14)17(25)24-11-13-6-2-1-5-12(13)9-15(24)18(26)27/h1-2,5-6,10,15H,3-4,7-9,11H2,(H,26,27). The molecule has 0 spiro atoms. The van der Waals surface area contributed by atoms with Crippen LogP contribution < -0.4 is 4.90 Å². The van der Waals surface area contributed by atoms with Crippen molar-refractivity contribution in [1.82, 2.24) is 14.9 Å². The highest BCUT2D eigenvalue weighted by molar-refractivity contribution is 6.33. The molecule has 140 valence electrons. The molecule has 1 aromatic carbocycles. The number of benzene rings is 1. The molecule has 1 saturated heterocycles. The molecule has 2 aliphatic heterocycles. The third-order valence-corrected chi connectivity index (χ3v) is 5.39. The average molecular weight is 387 g/mol. The Morgan fingerprint density at radius 3 is 2.56 bits per heavy atom. The van der Waals surface area contributed by atoms with Gasteiger partial charge in [-0.15, -0.1) is 0 Å². The van der Waals surface area contributed by atoms with Gasteiger partial charge in [0.1, 0.15) is 6.04 Å². The molecule has 0 saturated carbocycles. The maximum absolute atomic E-state index is 13.2. The van der Waals surface area contributed by atoms with Gasteiger partial charge in [-0.05, 0) is 24.0 Å². The number of hydrogen-bond donors (Lipinski definition) is 1. The van der Waals surface area contributed by atoms with E-state index < -0.39 is 17.9 Å². The summed E-state index contributed by atoms with van der Waals surface area (Å²) in [7, 11) is 0. The first kappa shape index (κ1) is 17.7. The maximum Gasteiger partial charge on any atom is 0.326 e. The Morgan fingerprint density at radius 1 is 1.15 bits per heavy atom. The molecule has 1 fully saturated rings. The van der Waals surface area contributed by atoms with Gasteiger partial charge in [0.15, 0.2) is 5.69 Å². The van der Waals surface area contributed by atoms with Crippen LogP contribution >= 0.6 is 11.6 Å². The molecule has 3 heterocycles. The Kier molecular flexibility index (Phi) is 4.70. The van der Waals surface area contributed by atoms with Gasteiger partial charge in [0, 0.05) is 26.1 Å². The average Bonchev–Trinajstić information content (AvgIpc) is 3.21. The molecule has 2 aromatic rings. The zero-order chi connectivity index (χ0) is 19.0. The number of anilines is 1. The highest BCUT2D eigenvalue weighted by Gasteiger charge is 2.36. The molecular formula is C19H19ClN4O3. The molecule has 8 heteroatoms. The third-order valence-electron chi connectivity index (χ3n) is 5.12. The molecule has 27 heavy (non-hydrogen) atoms. The lowest BCUT2D eigenvalue weighted by atomic mass is 9.93. The lowest BCUT2D eigenvalue weighted by Gasteiger charge is -2.34. The first-order valence-corrected chi connectivity index (χ1v) is 9.30. The second-order valence-electron chi connectivity index (χ2n) is 6.82. The molecule has 0 bridgehead atoms. The Labute approximate surface area is 161 Å². The van der Waals surface area contributed by atoms with Gasteiger partial charge in [0.25, 0.3) is 5.91 Å². The van der Waals surface area contributed by atoms with Gasteiger partial charge < -0.3 is 14.9 Å². The summed E-state index contributed by atoms with van der Waals surface area (Å²) in [5.41, 5.74) is 1.94. The fourth-order valence-corrected chi connectivity index (χ4v) is 3.84. The van der Waals surface area contributed by atoms with Crippen LogP contribution in [-0.4, -0.2) is 51.0 Å². The topological polar surface area (TPSA) is 86.6 Å². The minimum absolute atomic E-state index is 0.0548. The van der Waals surface area contributed by atoms with Crippen molar-refractivity contribution in [3.63, 3.8) is 0 Å². The molecule has 7 nitrogen and oxygen atoms in total. The van der Waals surface area contributed by atoms with E-state index in [-0.39, 0.29) is 23.7 Å². The highest BCUT2D eigenvalue weighted by Crippen LogP contribution is 2.27. The molecule has 0 aliphatic carbocycles. The van der Waals surface area contributed by atoms with E-state index in [1.165, 1.54) is 11.1 Å². The second-order valence-corrected chi connectivity index (χ2v) is 7.23. The molecule has 1 atom stereocenters. The Morgan fingerprint density at radius 2 is 1.85 bits per heavy atom. The van der Waals surface area contributed by atoms with Gasteiger partial charge >= 0.3 is 5.97 Å². The summed E-state index contributed by atoms with van der Waals surface area (Å²) in [6.45, 7) is 1.89. The fraction of sp³-hybridized carbons (Fsp3) is 0.368. The second kappa shape index (κ2) is 7.15.